The standard InChI is InChI=1S/C20H22N4O7S/c1-3-9-32(29,30)22-16-6-4-5-15(13(16)2)21-19(25)11-23-17-10-14(24(27)28)7-8-18(17)31-12-20(23)26/h4-8,10,22H,3,9,11-12H2,1-2H3,(H,21,25). The molecule has 32 heavy (non-hydrogen) atoms. The summed E-state index contributed by atoms with van der Waals surface area (Å²) in [6.07, 6.45) is 0.456. The SMILES string of the molecule is CCCS(=O)(=O)Nc1cccc(NC(=O)CN2C(=O)COc3ccc([N+](=O)[O-])cc32)c1C. The molecule has 0 unspecified atom stereocenters. The molecule has 12 heteroatoms. The van der Waals surface area contributed by atoms with Crippen LogP contribution >= 0.6 is 0 Å². The van der Waals surface area contributed by atoms with Crippen LogP contribution < -0.4 is 19.7 Å². The smallest absolute Gasteiger partial charge is 0.271 e. The Morgan fingerprint density at radius 1 is 1.25 bits per heavy atom. The second-order valence-corrected chi connectivity index (χ2v) is 8.97. The van der Waals surface area contributed by atoms with Gasteiger partial charge in [0.05, 0.1) is 22.1 Å². The number of carbonyl (C=O) groups excluding carboxylic acids is 2. The largest absolute Gasteiger partial charge is 0.482 e. The lowest BCUT2D eigenvalue weighted by molar-refractivity contribution is -0.384. The van der Waals surface area contributed by atoms with E-state index in [9.17, 15) is 28.1 Å². The molecule has 1 heterocycles. The first-order valence-corrected chi connectivity index (χ1v) is 11.4. The normalized spacial score (nSPS) is 13.2. The Bertz CT molecular complexity index is 1180. The highest BCUT2D eigenvalue weighted by Crippen LogP contribution is 2.35. The third-order valence-electron chi connectivity index (χ3n) is 4.74. The molecule has 2 N–H and O–H groups in total. The molecule has 0 radical (unpaired) electrons. The number of non-ortho nitro benzene ring substituents is 1. The zero-order valence-electron chi connectivity index (χ0n) is 17.5. The van der Waals surface area contributed by atoms with Crippen molar-refractivity contribution in [2.45, 2.75) is 20.3 Å². The molecule has 0 atom stereocenters. The predicted molar refractivity (Wildman–Crippen MR) is 118 cm³/mol. The molecule has 0 spiro atoms. The maximum absolute atomic E-state index is 12.7. The van der Waals surface area contributed by atoms with Crippen LogP contribution in [-0.2, 0) is 19.6 Å². The molecule has 0 fully saturated rings. The molecular formula is C20H22N4O7S. The Labute approximate surface area is 184 Å². The lowest BCUT2D eigenvalue weighted by Crippen LogP contribution is -2.43. The number of nitro groups is 1. The lowest BCUT2D eigenvalue weighted by atomic mass is 10.1. The predicted octanol–water partition coefficient (Wildman–Crippen LogP) is 2.42. The quantitative estimate of drug-likeness (QED) is 0.452. The fraction of sp³-hybridized carbons (Fsp3) is 0.300. The first kappa shape index (κ1) is 23.0. The number of hydrogen-bond acceptors (Lipinski definition) is 7. The van der Waals surface area contributed by atoms with Crippen LogP contribution in [0.3, 0.4) is 0 Å². The average Bonchev–Trinajstić information content (AvgIpc) is 2.72. The Morgan fingerprint density at radius 3 is 2.66 bits per heavy atom. The molecule has 1 aliphatic heterocycles. The number of sulfonamides is 1. The fourth-order valence-corrected chi connectivity index (χ4v) is 4.38. The third-order valence-corrected chi connectivity index (χ3v) is 6.22. The van der Waals surface area contributed by atoms with E-state index in [0.717, 1.165) is 4.90 Å². The van der Waals surface area contributed by atoms with Gasteiger partial charge < -0.3 is 10.1 Å². The van der Waals surface area contributed by atoms with Gasteiger partial charge in [-0.25, -0.2) is 8.42 Å². The van der Waals surface area contributed by atoms with Gasteiger partial charge in [-0.05, 0) is 37.1 Å². The summed E-state index contributed by atoms with van der Waals surface area (Å²) in [5.41, 5.74) is 1.09. The van der Waals surface area contributed by atoms with Gasteiger partial charge in [0, 0.05) is 17.8 Å². The van der Waals surface area contributed by atoms with Crippen molar-refractivity contribution in [2.75, 3.05) is 33.8 Å². The highest BCUT2D eigenvalue weighted by molar-refractivity contribution is 7.92. The van der Waals surface area contributed by atoms with E-state index in [-0.39, 0.29) is 29.5 Å². The molecule has 0 bridgehead atoms. The van der Waals surface area contributed by atoms with Gasteiger partial charge >= 0.3 is 0 Å². The molecule has 0 saturated carbocycles. The Balaban J connectivity index is 1.80. The summed E-state index contributed by atoms with van der Waals surface area (Å²) >= 11 is 0. The van der Waals surface area contributed by atoms with Crippen molar-refractivity contribution < 1.29 is 27.7 Å². The van der Waals surface area contributed by atoms with Crippen LogP contribution in [0.1, 0.15) is 18.9 Å². The fourth-order valence-electron chi connectivity index (χ4n) is 3.18. The molecular weight excluding hydrogens is 440 g/mol. The minimum absolute atomic E-state index is 0.0340. The van der Waals surface area contributed by atoms with Crippen molar-refractivity contribution in [3.63, 3.8) is 0 Å². The number of ether oxygens (including phenoxy) is 1. The summed E-state index contributed by atoms with van der Waals surface area (Å²) in [5.74, 6) is -0.861. The first-order chi connectivity index (χ1) is 15.1. The molecule has 0 saturated heterocycles. The van der Waals surface area contributed by atoms with Gasteiger partial charge in [-0.1, -0.05) is 13.0 Å². The Kier molecular flexibility index (Phi) is 6.63. The number of nitrogens with zero attached hydrogens (tertiary/aromatic N) is 2. The minimum Gasteiger partial charge on any atom is -0.482 e. The van der Waals surface area contributed by atoms with Crippen molar-refractivity contribution in [1.29, 1.82) is 0 Å². The number of hydrogen-bond donors (Lipinski definition) is 2. The number of anilines is 3. The van der Waals surface area contributed by atoms with E-state index in [4.69, 9.17) is 4.74 Å². The molecule has 2 aromatic carbocycles. The topological polar surface area (TPSA) is 148 Å². The van der Waals surface area contributed by atoms with E-state index >= 15 is 0 Å². The maximum atomic E-state index is 12.7. The van der Waals surface area contributed by atoms with Crippen LogP contribution in [-0.4, -0.2) is 44.1 Å². The minimum atomic E-state index is -3.51. The number of nitro benzene ring substituents is 1. The zero-order chi connectivity index (χ0) is 23.5. The van der Waals surface area contributed by atoms with Gasteiger partial charge in [-0.3, -0.25) is 29.3 Å². The van der Waals surface area contributed by atoms with Crippen molar-refractivity contribution in [3.8, 4) is 5.75 Å². The number of benzene rings is 2. The van der Waals surface area contributed by atoms with Crippen LogP contribution in [0.15, 0.2) is 36.4 Å². The Morgan fingerprint density at radius 2 is 1.97 bits per heavy atom. The lowest BCUT2D eigenvalue weighted by Gasteiger charge is -2.28. The van der Waals surface area contributed by atoms with Crippen LogP contribution in [0.5, 0.6) is 5.75 Å². The van der Waals surface area contributed by atoms with Crippen molar-refractivity contribution in [2.24, 2.45) is 0 Å². The van der Waals surface area contributed by atoms with Gasteiger partial charge in [0.25, 0.3) is 11.6 Å². The summed E-state index contributed by atoms with van der Waals surface area (Å²) in [5, 5.41) is 13.7. The number of rotatable bonds is 8. The molecule has 2 amide bonds. The van der Waals surface area contributed by atoms with E-state index in [2.05, 4.69) is 10.0 Å². The van der Waals surface area contributed by atoms with Gasteiger partial charge in [0.2, 0.25) is 15.9 Å². The highest BCUT2D eigenvalue weighted by atomic mass is 32.2. The van der Waals surface area contributed by atoms with E-state index in [1.165, 1.54) is 18.2 Å². The van der Waals surface area contributed by atoms with E-state index in [1.54, 1.807) is 32.0 Å². The van der Waals surface area contributed by atoms with Gasteiger partial charge in [-0.2, -0.15) is 0 Å². The van der Waals surface area contributed by atoms with Gasteiger partial charge in [-0.15, -0.1) is 0 Å². The average molecular weight is 462 g/mol. The Hall–Kier alpha value is -3.67. The number of fused-ring (bicyclic) bond motifs is 1. The summed E-state index contributed by atoms with van der Waals surface area (Å²) in [6, 6.07) is 8.57. The van der Waals surface area contributed by atoms with Crippen molar-refractivity contribution in [1.82, 2.24) is 0 Å². The van der Waals surface area contributed by atoms with Gasteiger partial charge in [0.15, 0.2) is 6.61 Å². The van der Waals surface area contributed by atoms with Crippen LogP contribution in [0.25, 0.3) is 0 Å². The molecule has 3 rings (SSSR count). The second kappa shape index (κ2) is 9.22. The summed E-state index contributed by atoms with van der Waals surface area (Å²) in [6.45, 7) is 2.70. The summed E-state index contributed by atoms with van der Waals surface area (Å²) in [7, 11) is -3.51. The van der Waals surface area contributed by atoms with Crippen LogP contribution in [0.2, 0.25) is 0 Å². The number of carbonyl (C=O) groups is 2. The van der Waals surface area contributed by atoms with Crippen LogP contribution in [0, 0.1) is 17.0 Å². The summed E-state index contributed by atoms with van der Waals surface area (Å²) < 4.78 is 31.9. The van der Waals surface area contributed by atoms with Crippen LogP contribution in [0.4, 0.5) is 22.7 Å². The van der Waals surface area contributed by atoms with Crippen molar-refractivity contribution in [3.05, 3.63) is 52.1 Å². The molecule has 1 aliphatic rings. The first-order valence-electron chi connectivity index (χ1n) is 9.73. The molecule has 0 aromatic heterocycles. The molecule has 170 valence electrons. The molecule has 2 aromatic rings. The highest BCUT2D eigenvalue weighted by Gasteiger charge is 2.29. The molecule has 0 aliphatic carbocycles. The zero-order valence-corrected chi connectivity index (χ0v) is 18.3. The molecule has 11 nitrogen and oxygen atoms in total. The monoisotopic (exact) mass is 462 g/mol. The van der Waals surface area contributed by atoms with Gasteiger partial charge in [0.1, 0.15) is 12.3 Å². The van der Waals surface area contributed by atoms with E-state index in [1.807, 2.05) is 0 Å². The van der Waals surface area contributed by atoms with E-state index in [0.29, 0.717) is 23.4 Å². The second-order valence-electron chi connectivity index (χ2n) is 7.12. The maximum Gasteiger partial charge on any atom is 0.271 e. The summed E-state index contributed by atoms with van der Waals surface area (Å²) in [4.78, 5) is 36.6. The van der Waals surface area contributed by atoms with Crippen molar-refractivity contribution >= 4 is 44.6 Å². The van der Waals surface area contributed by atoms with E-state index < -0.39 is 33.3 Å². The number of nitrogens with one attached hydrogen (secondary N) is 2. The number of amides is 2. The third kappa shape index (κ3) is 5.14.